The molecular formula is C5H8ClFO. The zero-order chi connectivity index (χ0) is 6.41. The third kappa shape index (κ3) is 0.633. The van der Waals surface area contributed by atoms with E-state index in [0.717, 1.165) is 0 Å². The van der Waals surface area contributed by atoms with Gasteiger partial charge in [0.25, 0.3) is 0 Å². The summed E-state index contributed by atoms with van der Waals surface area (Å²) in [5.74, 6) is 0. The summed E-state index contributed by atoms with van der Waals surface area (Å²) in [6.45, 7) is 1.65. The number of alkyl halides is 2. The monoisotopic (exact) mass is 138 g/mol. The summed E-state index contributed by atoms with van der Waals surface area (Å²) < 4.78 is 17.2. The van der Waals surface area contributed by atoms with Crippen LogP contribution in [0.2, 0.25) is 0 Å². The molecule has 0 amide bonds. The Kier molecular flexibility index (Phi) is 1.07. The molecule has 0 aliphatic heterocycles. The minimum Gasteiger partial charge on any atom is -0.374 e. The van der Waals surface area contributed by atoms with Gasteiger partial charge in [-0.2, -0.15) is 0 Å². The zero-order valence-corrected chi connectivity index (χ0v) is 5.63. The lowest BCUT2D eigenvalue weighted by Crippen LogP contribution is -2.14. The van der Waals surface area contributed by atoms with Crippen LogP contribution in [0.4, 0.5) is 4.39 Å². The van der Waals surface area contributed by atoms with Gasteiger partial charge in [-0.1, -0.05) is 11.6 Å². The van der Waals surface area contributed by atoms with Crippen LogP contribution in [-0.2, 0) is 4.74 Å². The fraction of sp³-hybridized carbons (Fsp3) is 1.00. The lowest BCUT2D eigenvalue weighted by Gasteiger charge is -2.05. The summed E-state index contributed by atoms with van der Waals surface area (Å²) >= 11 is 5.26. The molecule has 48 valence electrons. The molecule has 0 unspecified atom stereocenters. The first-order valence-electron chi connectivity index (χ1n) is 2.45. The van der Waals surface area contributed by atoms with Crippen molar-refractivity contribution in [3.63, 3.8) is 0 Å². The molecule has 0 aromatic carbocycles. The normalized spacial score (nSPS) is 54.0. The summed E-state index contributed by atoms with van der Waals surface area (Å²) in [5.41, 5.74) is -0.714. The lowest BCUT2D eigenvalue weighted by molar-refractivity contribution is 0.0642. The quantitative estimate of drug-likeness (QED) is 0.501. The second-order valence-corrected chi connectivity index (χ2v) is 2.92. The van der Waals surface area contributed by atoms with Crippen molar-refractivity contribution in [1.82, 2.24) is 0 Å². The summed E-state index contributed by atoms with van der Waals surface area (Å²) in [7, 11) is 1.46. The van der Waals surface area contributed by atoms with E-state index in [1.165, 1.54) is 7.11 Å². The van der Waals surface area contributed by atoms with E-state index < -0.39 is 10.7 Å². The second kappa shape index (κ2) is 1.36. The summed E-state index contributed by atoms with van der Waals surface area (Å²) in [4.78, 5) is 0. The highest BCUT2D eigenvalue weighted by molar-refractivity contribution is 6.26. The molecule has 1 saturated carbocycles. The number of methoxy groups -OCH3 is 1. The van der Waals surface area contributed by atoms with Crippen molar-refractivity contribution in [3.8, 4) is 0 Å². The Bertz CT molecular complexity index is 115. The first kappa shape index (κ1) is 6.30. The molecule has 0 N–H and O–H groups in total. The van der Waals surface area contributed by atoms with Crippen molar-refractivity contribution in [1.29, 1.82) is 0 Å². The predicted octanol–water partition coefficient (Wildman–Crippen LogP) is 1.70. The average molecular weight is 139 g/mol. The Balaban J connectivity index is 2.55. The number of hydrogen-bond donors (Lipinski definition) is 0. The van der Waals surface area contributed by atoms with E-state index in [4.69, 9.17) is 16.3 Å². The molecule has 1 nitrogen and oxygen atoms in total. The van der Waals surface area contributed by atoms with Gasteiger partial charge in [-0.15, -0.1) is 0 Å². The van der Waals surface area contributed by atoms with E-state index in [-0.39, 0.29) is 0 Å². The zero-order valence-electron chi connectivity index (χ0n) is 4.87. The largest absolute Gasteiger partial charge is 0.374 e. The number of ether oxygens (including phenoxy) is 1. The van der Waals surface area contributed by atoms with Gasteiger partial charge in [0.2, 0.25) is 5.13 Å². The molecule has 1 aliphatic rings. The van der Waals surface area contributed by atoms with Crippen LogP contribution in [0, 0.1) is 0 Å². The van der Waals surface area contributed by atoms with E-state index in [9.17, 15) is 4.39 Å². The van der Waals surface area contributed by atoms with Crippen molar-refractivity contribution in [2.45, 2.75) is 24.1 Å². The lowest BCUT2D eigenvalue weighted by atomic mass is 10.4. The van der Waals surface area contributed by atoms with Gasteiger partial charge in [-0.25, -0.2) is 4.39 Å². The summed E-state index contributed by atoms with van der Waals surface area (Å²) in [6, 6.07) is 0. The average Bonchev–Trinajstić information content (AvgIpc) is 2.10. The van der Waals surface area contributed by atoms with Crippen LogP contribution in [0.15, 0.2) is 0 Å². The summed E-state index contributed by atoms with van der Waals surface area (Å²) in [6.07, 6.45) is 0.304. The third-order valence-corrected chi connectivity index (χ3v) is 2.19. The van der Waals surface area contributed by atoms with Crippen LogP contribution in [0.5, 0.6) is 0 Å². The molecule has 0 aromatic rings. The Morgan fingerprint density at radius 3 is 2.12 bits per heavy atom. The number of hydrogen-bond acceptors (Lipinski definition) is 1. The van der Waals surface area contributed by atoms with E-state index in [2.05, 4.69) is 0 Å². The maximum absolute atomic E-state index is 12.5. The van der Waals surface area contributed by atoms with Crippen molar-refractivity contribution >= 4 is 11.6 Å². The minimum absolute atomic E-state index is 0.304. The van der Waals surface area contributed by atoms with Gasteiger partial charge in [0.05, 0.1) is 0 Å². The van der Waals surface area contributed by atoms with Gasteiger partial charge in [0.15, 0.2) is 0 Å². The molecular weight excluding hydrogens is 131 g/mol. The maximum atomic E-state index is 12.5. The van der Waals surface area contributed by atoms with Gasteiger partial charge >= 0.3 is 0 Å². The van der Waals surface area contributed by atoms with Gasteiger partial charge in [-0.05, 0) is 6.92 Å². The van der Waals surface area contributed by atoms with Crippen molar-refractivity contribution < 1.29 is 9.13 Å². The van der Waals surface area contributed by atoms with Crippen LogP contribution < -0.4 is 0 Å². The molecule has 0 bridgehead atoms. The SMILES string of the molecule is CO[C@@]1(C)C[C@]1(F)Cl. The highest BCUT2D eigenvalue weighted by Crippen LogP contribution is 2.56. The van der Waals surface area contributed by atoms with E-state index in [0.29, 0.717) is 6.42 Å². The molecule has 8 heavy (non-hydrogen) atoms. The van der Waals surface area contributed by atoms with Crippen LogP contribution >= 0.6 is 11.6 Å². The van der Waals surface area contributed by atoms with Crippen molar-refractivity contribution in [2.75, 3.05) is 7.11 Å². The molecule has 0 saturated heterocycles. The number of halogens is 2. The molecule has 0 aromatic heterocycles. The van der Waals surface area contributed by atoms with Gasteiger partial charge in [0.1, 0.15) is 5.60 Å². The number of rotatable bonds is 1. The van der Waals surface area contributed by atoms with Gasteiger partial charge in [0, 0.05) is 13.5 Å². The molecule has 1 rings (SSSR count). The molecule has 1 fully saturated rings. The molecule has 0 heterocycles. The molecule has 0 radical (unpaired) electrons. The molecule has 1 aliphatic carbocycles. The summed E-state index contributed by atoms with van der Waals surface area (Å²) in [5, 5.41) is -1.60. The van der Waals surface area contributed by atoms with Crippen LogP contribution in [-0.4, -0.2) is 17.8 Å². The first-order chi connectivity index (χ1) is 3.52. The van der Waals surface area contributed by atoms with Crippen LogP contribution in [0.25, 0.3) is 0 Å². The van der Waals surface area contributed by atoms with Crippen LogP contribution in [0.3, 0.4) is 0 Å². The maximum Gasteiger partial charge on any atom is 0.214 e. The van der Waals surface area contributed by atoms with Gasteiger partial charge < -0.3 is 4.74 Å². The topological polar surface area (TPSA) is 9.23 Å². The van der Waals surface area contributed by atoms with E-state index >= 15 is 0 Å². The Hall–Kier alpha value is 0.180. The van der Waals surface area contributed by atoms with E-state index in [1.54, 1.807) is 6.92 Å². The Labute approximate surface area is 52.8 Å². The minimum atomic E-state index is -1.60. The second-order valence-electron chi connectivity index (χ2n) is 2.32. The molecule has 2 atom stereocenters. The standard InChI is InChI=1S/C5H8ClFO/c1-4(8-2)3-5(4,6)7/h3H2,1-2H3/t4-,5+/m0/s1. The highest BCUT2D eigenvalue weighted by Gasteiger charge is 2.66. The Morgan fingerprint density at radius 1 is 1.75 bits per heavy atom. The Morgan fingerprint density at radius 2 is 2.12 bits per heavy atom. The van der Waals surface area contributed by atoms with Crippen molar-refractivity contribution in [3.05, 3.63) is 0 Å². The van der Waals surface area contributed by atoms with Crippen molar-refractivity contribution in [2.24, 2.45) is 0 Å². The fourth-order valence-electron chi connectivity index (χ4n) is 0.601. The molecule has 0 spiro atoms. The highest BCUT2D eigenvalue weighted by atomic mass is 35.5. The van der Waals surface area contributed by atoms with Gasteiger partial charge in [-0.3, -0.25) is 0 Å². The third-order valence-electron chi connectivity index (χ3n) is 1.66. The van der Waals surface area contributed by atoms with E-state index in [1.807, 2.05) is 0 Å². The first-order valence-corrected chi connectivity index (χ1v) is 2.83. The smallest absolute Gasteiger partial charge is 0.214 e. The fourth-order valence-corrected chi connectivity index (χ4v) is 0.933. The predicted molar refractivity (Wildman–Crippen MR) is 29.7 cm³/mol. The molecule has 3 heteroatoms. The van der Waals surface area contributed by atoms with Crippen LogP contribution in [0.1, 0.15) is 13.3 Å².